The van der Waals surface area contributed by atoms with Gasteiger partial charge in [-0.25, -0.2) is 8.78 Å². The van der Waals surface area contributed by atoms with Crippen LogP contribution in [0.2, 0.25) is 0 Å². The minimum Gasteiger partial charge on any atom is -0.347 e. The van der Waals surface area contributed by atoms with Gasteiger partial charge in [-0.1, -0.05) is 19.9 Å². The number of carbonyl (C=O) groups excluding carboxylic acids is 2. The summed E-state index contributed by atoms with van der Waals surface area (Å²) in [6.07, 6.45) is 0.416. The van der Waals surface area contributed by atoms with E-state index in [0.717, 1.165) is 6.07 Å². The van der Waals surface area contributed by atoms with E-state index in [9.17, 15) is 18.4 Å². The SMILES string of the molecule is CC(C)CC(NC(=O)c1cccc(F)c1F)C(=O)N(C)C. The second kappa shape index (κ2) is 7.15. The van der Waals surface area contributed by atoms with Crippen molar-refractivity contribution in [3.05, 3.63) is 35.4 Å². The summed E-state index contributed by atoms with van der Waals surface area (Å²) in [6, 6.07) is 2.59. The zero-order valence-corrected chi connectivity index (χ0v) is 12.6. The zero-order chi connectivity index (χ0) is 16.2. The van der Waals surface area contributed by atoms with E-state index in [-0.39, 0.29) is 11.8 Å². The van der Waals surface area contributed by atoms with Gasteiger partial charge in [0.05, 0.1) is 5.56 Å². The lowest BCUT2D eigenvalue weighted by molar-refractivity contribution is -0.131. The van der Waals surface area contributed by atoms with Crippen LogP contribution in [0.15, 0.2) is 18.2 Å². The summed E-state index contributed by atoms with van der Waals surface area (Å²) in [5, 5.41) is 2.48. The van der Waals surface area contributed by atoms with Crippen LogP contribution in [0.4, 0.5) is 8.78 Å². The fraction of sp³-hybridized carbons (Fsp3) is 0.467. The van der Waals surface area contributed by atoms with Gasteiger partial charge < -0.3 is 10.2 Å². The molecule has 0 bridgehead atoms. The molecule has 0 aliphatic heterocycles. The summed E-state index contributed by atoms with van der Waals surface area (Å²) in [4.78, 5) is 25.4. The van der Waals surface area contributed by atoms with Crippen molar-refractivity contribution in [2.75, 3.05) is 14.1 Å². The first kappa shape index (κ1) is 17.1. The fourth-order valence-corrected chi connectivity index (χ4v) is 1.92. The molecule has 116 valence electrons. The molecule has 6 heteroatoms. The van der Waals surface area contributed by atoms with Crippen molar-refractivity contribution < 1.29 is 18.4 Å². The summed E-state index contributed by atoms with van der Waals surface area (Å²) < 4.78 is 26.7. The van der Waals surface area contributed by atoms with Gasteiger partial charge in [-0.15, -0.1) is 0 Å². The first-order valence-corrected chi connectivity index (χ1v) is 6.70. The summed E-state index contributed by atoms with van der Waals surface area (Å²) in [5.41, 5.74) is -0.407. The van der Waals surface area contributed by atoms with Crippen molar-refractivity contribution in [3.8, 4) is 0 Å². The minimum absolute atomic E-state index is 0.163. The third kappa shape index (κ3) is 4.51. The van der Waals surface area contributed by atoms with Crippen molar-refractivity contribution in [2.45, 2.75) is 26.3 Å². The molecule has 0 heterocycles. The smallest absolute Gasteiger partial charge is 0.255 e. The summed E-state index contributed by atoms with van der Waals surface area (Å²) in [7, 11) is 3.15. The number of halogens is 2. The van der Waals surface area contributed by atoms with Crippen LogP contribution >= 0.6 is 0 Å². The number of nitrogens with one attached hydrogen (secondary N) is 1. The average Bonchev–Trinajstić information content (AvgIpc) is 2.39. The van der Waals surface area contributed by atoms with E-state index in [1.54, 1.807) is 14.1 Å². The van der Waals surface area contributed by atoms with E-state index in [1.165, 1.54) is 17.0 Å². The van der Waals surface area contributed by atoms with Gasteiger partial charge in [-0.2, -0.15) is 0 Å². The molecule has 21 heavy (non-hydrogen) atoms. The first-order chi connectivity index (χ1) is 9.73. The van der Waals surface area contributed by atoms with E-state index in [1.807, 2.05) is 13.8 Å². The Morgan fingerprint density at radius 2 is 1.86 bits per heavy atom. The maximum absolute atomic E-state index is 13.6. The lowest BCUT2D eigenvalue weighted by Gasteiger charge is -2.23. The van der Waals surface area contributed by atoms with Crippen LogP contribution in [0.5, 0.6) is 0 Å². The molecule has 0 aromatic heterocycles. The fourth-order valence-electron chi connectivity index (χ4n) is 1.92. The molecule has 1 rings (SSSR count). The molecular formula is C15H20F2N2O2. The molecule has 4 nitrogen and oxygen atoms in total. The van der Waals surface area contributed by atoms with Gasteiger partial charge in [0.15, 0.2) is 11.6 Å². The van der Waals surface area contributed by atoms with E-state index in [2.05, 4.69) is 5.32 Å². The average molecular weight is 298 g/mol. The van der Waals surface area contributed by atoms with E-state index in [0.29, 0.717) is 6.42 Å². The van der Waals surface area contributed by atoms with E-state index >= 15 is 0 Å². The number of rotatable bonds is 5. The molecule has 0 radical (unpaired) electrons. The Balaban J connectivity index is 2.95. The van der Waals surface area contributed by atoms with Crippen molar-refractivity contribution in [1.82, 2.24) is 10.2 Å². The number of hydrogen-bond acceptors (Lipinski definition) is 2. The zero-order valence-electron chi connectivity index (χ0n) is 12.6. The van der Waals surface area contributed by atoms with E-state index < -0.39 is 29.1 Å². The Labute approximate surface area is 123 Å². The standard InChI is InChI=1S/C15H20F2N2O2/c1-9(2)8-12(15(21)19(3)4)18-14(20)10-6-5-7-11(16)13(10)17/h5-7,9,12H,8H2,1-4H3,(H,18,20). The third-order valence-electron chi connectivity index (χ3n) is 2.95. The Bertz CT molecular complexity index is 530. The Morgan fingerprint density at radius 1 is 1.24 bits per heavy atom. The van der Waals surface area contributed by atoms with Gasteiger partial charge in [0.25, 0.3) is 5.91 Å². The van der Waals surface area contributed by atoms with Crippen LogP contribution in [0.3, 0.4) is 0 Å². The number of amides is 2. The number of nitrogens with zero attached hydrogens (tertiary/aromatic N) is 1. The number of carbonyl (C=O) groups is 2. The highest BCUT2D eigenvalue weighted by atomic mass is 19.2. The van der Waals surface area contributed by atoms with Gasteiger partial charge in [0.1, 0.15) is 6.04 Å². The van der Waals surface area contributed by atoms with Gasteiger partial charge in [-0.05, 0) is 24.5 Å². The van der Waals surface area contributed by atoms with Crippen molar-refractivity contribution >= 4 is 11.8 Å². The molecule has 1 atom stereocenters. The van der Waals surface area contributed by atoms with Crippen LogP contribution in [0.1, 0.15) is 30.6 Å². The summed E-state index contributed by atoms with van der Waals surface area (Å²) in [5.74, 6) is -3.23. The molecular weight excluding hydrogens is 278 g/mol. The van der Waals surface area contributed by atoms with Gasteiger partial charge in [0, 0.05) is 14.1 Å². The molecule has 1 N–H and O–H groups in total. The van der Waals surface area contributed by atoms with Gasteiger partial charge in [0.2, 0.25) is 5.91 Å². The molecule has 0 saturated carbocycles. The van der Waals surface area contributed by atoms with Crippen molar-refractivity contribution in [3.63, 3.8) is 0 Å². The van der Waals surface area contributed by atoms with Crippen LogP contribution in [-0.4, -0.2) is 36.9 Å². The third-order valence-corrected chi connectivity index (χ3v) is 2.95. The molecule has 0 aliphatic rings. The van der Waals surface area contributed by atoms with Gasteiger partial charge >= 0.3 is 0 Å². The highest BCUT2D eigenvalue weighted by molar-refractivity contribution is 5.97. The van der Waals surface area contributed by atoms with Crippen molar-refractivity contribution in [1.29, 1.82) is 0 Å². The highest BCUT2D eigenvalue weighted by Gasteiger charge is 2.25. The predicted octanol–water partition coefficient (Wildman–Crippen LogP) is 2.20. The monoisotopic (exact) mass is 298 g/mol. The molecule has 0 spiro atoms. The Hall–Kier alpha value is -1.98. The molecule has 1 aromatic carbocycles. The van der Waals surface area contributed by atoms with Gasteiger partial charge in [-0.3, -0.25) is 9.59 Å². The maximum Gasteiger partial charge on any atom is 0.255 e. The normalized spacial score (nSPS) is 12.1. The predicted molar refractivity (Wildman–Crippen MR) is 75.8 cm³/mol. The first-order valence-electron chi connectivity index (χ1n) is 6.70. The molecule has 0 aliphatic carbocycles. The van der Waals surface area contributed by atoms with Crippen molar-refractivity contribution in [2.24, 2.45) is 5.92 Å². The second-order valence-corrected chi connectivity index (χ2v) is 5.49. The number of likely N-dealkylation sites (N-methyl/N-ethyl adjacent to an activating group) is 1. The molecule has 2 amide bonds. The Kier molecular flexibility index (Phi) is 5.81. The molecule has 0 fully saturated rings. The second-order valence-electron chi connectivity index (χ2n) is 5.49. The summed E-state index contributed by atoms with van der Waals surface area (Å²) >= 11 is 0. The van der Waals surface area contributed by atoms with Crippen LogP contribution < -0.4 is 5.32 Å². The highest BCUT2D eigenvalue weighted by Crippen LogP contribution is 2.13. The van der Waals surface area contributed by atoms with Crippen LogP contribution in [-0.2, 0) is 4.79 Å². The topological polar surface area (TPSA) is 49.4 Å². The minimum atomic E-state index is -1.21. The molecule has 0 saturated heterocycles. The van der Waals surface area contributed by atoms with Crippen LogP contribution in [0.25, 0.3) is 0 Å². The largest absolute Gasteiger partial charge is 0.347 e. The number of hydrogen-bond donors (Lipinski definition) is 1. The molecule has 1 unspecified atom stereocenters. The quantitative estimate of drug-likeness (QED) is 0.906. The van der Waals surface area contributed by atoms with Crippen LogP contribution in [0, 0.1) is 17.6 Å². The van der Waals surface area contributed by atoms with E-state index in [4.69, 9.17) is 0 Å². The summed E-state index contributed by atoms with van der Waals surface area (Å²) in [6.45, 7) is 3.82. The lowest BCUT2D eigenvalue weighted by atomic mass is 10.0. The number of benzene rings is 1. The Morgan fingerprint density at radius 3 is 2.38 bits per heavy atom. The molecule has 1 aromatic rings. The lowest BCUT2D eigenvalue weighted by Crippen LogP contribution is -2.47. The maximum atomic E-state index is 13.6.